The molecule has 0 saturated carbocycles. The zero-order valence-corrected chi connectivity index (χ0v) is 12.8. The van der Waals surface area contributed by atoms with Gasteiger partial charge in [0.1, 0.15) is 0 Å². The van der Waals surface area contributed by atoms with Crippen molar-refractivity contribution in [1.82, 2.24) is 10.6 Å². The second-order valence-electron chi connectivity index (χ2n) is 5.45. The van der Waals surface area contributed by atoms with Crippen LogP contribution in [0.2, 0.25) is 0 Å². The third-order valence-corrected chi connectivity index (χ3v) is 3.88. The molecule has 0 unspecified atom stereocenters. The average molecular weight is 309 g/mol. The highest BCUT2D eigenvalue weighted by Crippen LogP contribution is 2.27. The van der Waals surface area contributed by atoms with Gasteiger partial charge in [0.15, 0.2) is 0 Å². The molecule has 0 spiro atoms. The first-order valence-corrected chi connectivity index (χ1v) is 7.68. The van der Waals surface area contributed by atoms with E-state index < -0.39 is 0 Å². The van der Waals surface area contributed by atoms with Crippen LogP contribution in [0.1, 0.15) is 11.1 Å². The Morgan fingerprint density at radius 1 is 0.957 bits per heavy atom. The number of nitrogens with one attached hydrogen (secondary N) is 2. The highest BCUT2D eigenvalue weighted by Gasteiger charge is 2.23. The first-order valence-electron chi connectivity index (χ1n) is 7.68. The van der Waals surface area contributed by atoms with E-state index in [1.54, 1.807) is 4.90 Å². The monoisotopic (exact) mass is 309 g/mol. The lowest BCUT2D eigenvalue weighted by molar-refractivity contribution is -0.117. The molecule has 0 aromatic heterocycles. The van der Waals surface area contributed by atoms with Gasteiger partial charge in [0, 0.05) is 18.8 Å². The summed E-state index contributed by atoms with van der Waals surface area (Å²) in [5.74, 6) is -0.0928. The van der Waals surface area contributed by atoms with Crippen LogP contribution in [0.5, 0.6) is 0 Å². The molecule has 3 rings (SSSR count). The lowest BCUT2D eigenvalue weighted by atomic mass is 10.2. The smallest absolute Gasteiger partial charge is 0.315 e. The molecule has 0 radical (unpaired) electrons. The summed E-state index contributed by atoms with van der Waals surface area (Å²) in [6.07, 6.45) is 0.863. The van der Waals surface area contributed by atoms with Crippen molar-refractivity contribution in [2.45, 2.75) is 13.0 Å². The van der Waals surface area contributed by atoms with Crippen LogP contribution in [0, 0.1) is 0 Å². The molecule has 5 heteroatoms. The summed E-state index contributed by atoms with van der Waals surface area (Å²) in [7, 11) is 0. The number of para-hydroxylation sites is 1. The van der Waals surface area contributed by atoms with E-state index in [1.165, 1.54) is 5.56 Å². The van der Waals surface area contributed by atoms with Crippen molar-refractivity contribution < 1.29 is 9.59 Å². The predicted molar refractivity (Wildman–Crippen MR) is 89.2 cm³/mol. The third kappa shape index (κ3) is 3.69. The van der Waals surface area contributed by atoms with Gasteiger partial charge in [-0.05, 0) is 23.6 Å². The Bertz CT molecular complexity index is 700. The summed E-state index contributed by atoms with van der Waals surface area (Å²) in [5.41, 5.74) is 3.14. The maximum Gasteiger partial charge on any atom is 0.315 e. The van der Waals surface area contributed by atoms with Crippen molar-refractivity contribution in [1.29, 1.82) is 0 Å². The minimum Gasteiger partial charge on any atom is -0.334 e. The maximum atomic E-state index is 12.3. The van der Waals surface area contributed by atoms with Gasteiger partial charge in [-0.3, -0.25) is 4.79 Å². The molecule has 118 valence electrons. The largest absolute Gasteiger partial charge is 0.334 e. The molecule has 0 fully saturated rings. The van der Waals surface area contributed by atoms with Crippen molar-refractivity contribution in [3.63, 3.8) is 0 Å². The molecular formula is C18H19N3O2. The number of carbonyl (C=O) groups excluding carboxylic acids is 2. The molecule has 2 aromatic rings. The average Bonchev–Trinajstić information content (AvgIpc) is 3.03. The van der Waals surface area contributed by atoms with Crippen LogP contribution < -0.4 is 15.5 Å². The number of hydrogen-bond donors (Lipinski definition) is 2. The molecule has 0 atom stereocenters. The first kappa shape index (κ1) is 15.1. The Morgan fingerprint density at radius 3 is 2.52 bits per heavy atom. The van der Waals surface area contributed by atoms with Gasteiger partial charge in [-0.1, -0.05) is 48.5 Å². The number of urea groups is 1. The van der Waals surface area contributed by atoms with Crippen molar-refractivity contribution >= 4 is 17.6 Å². The number of fused-ring (bicyclic) bond motifs is 1. The molecule has 3 amide bonds. The number of amides is 3. The third-order valence-electron chi connectivity index (χ3n) is 3.88. The zero-order chi connectivity index (χ0) is 16.1. The molecule has 1 heterocycles. The SMILES string of the molecule is O=C(NCC(=O)N1CCc2ccccc21)NCc1ccccc1. The Kier molecular flexibility index (Phi) is 4.57. The van der Waals surface area contributed by atoms with Gasteiger partial charge in [-0.2, -0.15) is 0 Å². The van der Waals surface area contributed by atoms with Crippen molar-refractivity contribution in [3.8, 4) is 0 Å². The summed E-state index contributed by atoms with van der Waals surface area (Å²) in [5, 5.41) is 5.36. The molecular weight excluding hydrogens is 290 g/mol. The van der Waals surface area contributed by atoms with E-state index in [2.05, 4.69) is 10.6 Å². The van der Waals surface area contributed by atoms with Gasteiger partial charge in [0.2, 0.25) is 5.91 Å². The normalized spacial score (nSPS) is 12.6. The molecule has 0 bridgehead atoms. The Hall–Kier alpha value is -2.82. The maximum absolute atomic E-state index is 12.3. The minimum absolute atomic E-state index is 0.00500. The molecule has 23 heavy (non-hydrogen) atoms. The number of nitrogens with zero attached hydrogens (tertiary/aromatic N) is 1. The fourth-order valence-electron chi connectivity index (χ4n) is 2.69. The molecule has 2 aromatic carbocycles. The lowest BCUT2D eigenvalue weighted by Crippen LogP contribution is -2.43. The molecule has 1 aliphatic heterocycles. The van der Waals surface area contributed by atoms with Gasteiger partial charge in [0.25, 0.3) is 0 Å². The molecule has 1 aliphatic rings. The standard InChI is InChI=1S/C18H19N3O2/c22-17(21-11-10-15-8-4-5-9-16(15)21)13-20-18(23)19-12-14-6-2-1-3-7-14/h1-9H,10-13H2,(H2,19,20,23). The highest BCUT2D eigenvalue weighted by molar-refractivity contribution is 5.98. The Morgan fingerprint density at radius 2 is 1.70 bits per heavy atom. The van der Waals surface area contributed by atoms with Crippen LogP contribution in [-0.4, -0.2) is 25.0 Å². The molecule has 0 saturated heterocycles. The van der Waals surface area contributed by atoms with E-state index >= 15 is 0 Å². The quantitative estimate of drug-likeness (QED) is 0.908. The van der Waals surface area contributed by atoms with E-state index in [9.17, 15) is 9.59 Å². The minimum atomic E-state index is -0.338. The van der Waals surface area contributed by atoms with Gasteiger partial charge < -0.3 is 15.5 Å². The van der Waals surface area contributed by atoms with Crippen LogP contribution in [0.4, 0.5) is 10.5 Å². The number of carbonyl (C=O) groups is 2. The fourth-order valence-corrected chi connectivity index (χ4v) is 2.69. The van der Waals surface area contributed by atoms with Gasteiger partial charge in [-0.25, -0.2) is 4.79 Å². The van der Waals surface area contributed by atoms with Crippen LogP contribution in [-0.2, 0) is 17.8 Å². The lowest BCUT2D eigenvalue weighted by Gasteiger charge is -2.17. The highest BCUT2D eigenvalue weighted by atomic mass is 16.2. The molecule has 2 N–H and O–H groups in total. The second-order valence-corrected chi connectivity index (χ2v) is 5.45. The van der Waals surface area contributed by atoms with E-state index in [-0.39, 0.29) is 18.5 Å². The van der Waals surface area contributed by atoms with Gasteiger partial charge in [-0.15, -0.1) is 0 Å². The topological polar surface area (TPSA) is 61.4 Å². The molecule has 5 nitrogen and oxygen atoms in total. The summed E-state index contributed by atoms with van der Waals surface area (Å²) in [4.78, 5) is 25.8. The van der Waals surface area contributed by atoms with Crippen LogP contribution in [0.25, 0.3) is 0 Å². The van der Waals surface area contributed by atoms with E-state index in [4.69, 9.17) is 0 Å². The summed E-state index contributed by atoms with van der Waals surface area (Å²) in [6, 6.07) is 17.2. The van der Waals surface area contributed by atoms with Crippen LogP contribution >= 0.6 is 0 Å². The summed E-state index contributed by atoms with van der Waals surface area (Å²) >= 11 is 0. The Labute approximate surface area is 135 Å². The Balaban J connectivity index is 1.47. The first-order chi connectivity index (χ1) is 11.2. The number of rotatable bonds is 4. The number of anilines is 1. The molecule has 0 aliphatic carbocycles. The van der Waals surface area contributed by atoms with E-state index in [0.717, 1.165) is 17.7 Å². The number of hydrogen-bond acceptors (Lipinski definition) is 2. The van der Waals surface area contributed by atoms with Gasteiger partial charge in [0.05, 0.1) is 6.54 Å². The zero-order valence-electron chi connectivity index (χ0n) is 12.8. The summed E-state index contributed by atoms with van der Waals surface area (Å²) in [6.45, 7) is 1.11. The van der Waals surface area contributed by atoms with Crippen molar-refractivity contribution in [3.05, 3.63) is 65.7 Å². The van der Waals surface area contributed by atoms with Gasteiger partial charge >= 0.3 is 6.03 Å². The van der Waals surface area contributed by atoms with Crippen molar-refractivity contribution in [2.75, 3.05) is 18.0 Å². The predicted octanol–water partition coefficient (Wildman–Crippen LogP) is 2.08. The van der Waals surface area contributed by atoms with Crippen LogP contribution in [0.3, 0.4) is 0 Å². The summed E-state index contributed by atoms with van der Waals surface area (Å²) < 4.78 is 0. The number of benzene rings is 2. The van der Waals surface area contributed by atoms with E-state index in [0.29, 0.717) is 13.1 Å². The van der Waals surface area contributed by atoms with Crippen LogP contribution in [0.15, 0.2) is 54.6 Å². The fraction of sp³-hybridized carbons (Fsp3) is 0.222. The van der Waals surface area contributed by atoms with Crippen molar-refractivity contribution in [2.24, 2.45) is 0 Å². The second kappa shape index (κ2) is 6.96. The van der Waals surface area contributed by atoms with E-state index in [1.807, 2.05) is 54.6 Å².